The molecule has 5 nitrogen and oxygen atoms in total. The van der Waals surface area contributed by atoms with Crippen molar-refractivity contribution >= 4 is 34.3 Å². The van der Waals surface area contributed by atoms with Crippen LogP contribution >= 0.6 is 11.8 Å². The van der Waals surface area contributed by atoms with Crippen molar-refractivity contribution in [1.29, 1.82) is 0 Å². The van der Waals surface area contributed by atoms with Crippen LogP contribution in [0.1, 0.15) is 18.1 Å². The lowest BCUT2D eigenvalue weighted by atomic mass is 10.2. The molecule has 3 aromatic carbocycles. The second-order valence-corrected chi connectivity index (χ2v) is 8.54. The van der Waals surface area contributed by atoms with Gasteiger partial charge in [-0.3, -0.25) is 14.2 Å². The van der Waals surface area contributed by atoms with E-state index < -0.39 is 0 Å². The van der Waals surface area contributed by atoms with Gasteiger partial charge in [-0.15, -0.1) is 0 Å². The number of para-hydroxylation sites is 2. The minimum Gasteiger partial charge on any atom is -0.312 e. The minimum absolute atomic E-state index is 0.0235. The SMILES string of the molecule is CCN(C(=O)CSc1nc2ccccc2c(=O)n1-c1ccc(C)cc1)c1ccccc1C. The molecule has 0 unspecified atom stereocenters. The molecule has 0 aliphatic heterocycles. The average molecular weight is 444 g/mol. The third-order valence-corrected chi connectivity index (χ3v) is 6.31. The van der Waals surface area contributed by atoms with Crippen molar-refractivity contribution < 1.29 is 4.79 Å². The van der Waals surface area contributed by atoms with E-state index in [1.165, 1.54) is 11.8 Å². The van der Waals surface area contributed by atoms with Gasteiger partial charge in [0.2, 0.25) is 5.91 Å². The number of hydrogen-bond acceptors (Lipinski definition) is 4. The fourth-order valence-electron chi connectivity index (χ4n) is 3.68. The second-order valence-electron chi connectivity index (χ2n) is 7.60. The lowest BCUT2D eigenvalue weighted by Gasteiger charge is -2.23. The van der Waals surface area contributed by atoms with E-state index in [9.17, 15) is 9.59 Å². The van der Waals surface area contributed by atoms with Crippen molar-refractivity contribution in [3.05, 3.63) is 94.3 Å². The van der Waals surface area contributed by atoms with E-state index >= 15 is 0 Å². The molecule has 0 saturated carbocycles. The third-order valence-electron chi connectivity index (χ3n) is 5.39. The van der Waals surface area contributed by atoms with Gasteiger partial charge in [0.05, 0.1) is 22.3 Å². The van der Waals surface area contributed by atoms with E-state index in [1.807, 2.05) is 87.5 Å². The number of carbonyl (C=O) groups excluding carboxylic acids is 1. The van der Waals surface area contributed by atoms with Crippen LogP contribution in [0.3, 0.4) is 0 Å². The maximum atomic E-state index is 13.3. The van der Waals surface area contributed by atoms with E-state index in [-0.39, 0.29) is 17.2 Å². The number of carbonyl (C=O) groups is 1. The predicted octanol–water partition coefficient (Wildman–Crippen LogP) is 5.15. The monoisotopic (exact) mass is 443 g/mol. The minimum atomic E-state index is -0.138. The van der Waals surface area contributed by atoms with Crippen molar-refractivity contribution in [1.82, 2.24) is 9.55 Å². The van der Waals surface area contributed by atoms with Gasteiger partial charge in [0, 0.05) is 12.2 Å². The first-order valence-electron chi connectivity index (χ1n) is 10.6. The number of nitrogens with zero attached hydrogens (tertiary/aromatic N) is 3. The summed E-state index contributed by atoms with van der Waals surface area (Å²) in [7, 11) is 0. The highest BCUT2D eigenvalue weighted by Crippen LogP contribution is 2.24. The van der Waals surface area contributed by atoms with Crippen LogP contribution in [0, 0.1) is 13.8 Å². The summed E-state index contributed by atoms with van der Waals surface area (Å²) in [4.78, 5) is 33.0. The van der Waals surface area contributed by atoms with Gasteiger partial charge < -0.3 is 4.90 Å². The van der Waals surface area contributed by atoms with Crippen LogP contribution in [0.5, 0.6) is 0 Å². The van der Waals surface area contributed by atoms with Crippen molar-refractivity contribution in [3.8, 4) is 5.69 Å². The molecule has 0 bridgehead atoms. The molecule has 6 heteroatoms. The predicted molar refractivity (Wildman–Crippen MR) is 132 cm³/mol. The maximum Gasteiger partial charge on any atom is 0.266 e. The highest BCUT2D eigenvalue weighted by Gasteiger charge is 2.19. The fraction of sp³-hybridized carbons (Fsp3) is 0.192. The molecule has 0 N–H and O–H groups in total. The zero-order chi connectivity index (χ0) is 22.7. The highest BCUT2D eigenvalue weighted by molar-refractivity contribution is 7.99. The zero-order valence-electron chi connectivity index (χ0n) is 18.4. The summed E-state index contributed by atoms with van der Waals surface area (Å²) in [6, 6.07) is 22.9. The number of anilines is 1. The molecule has 1 aromatic heterocycles. The quantitative estimate of drug-likeness (QED) is 0.306. The normalized spacial score (nSPS) is 11.0. The molecule has 1 heterocycles. The standard InChI is InChI=1S/C26H25N3O2S/c1-4-28(23-12-8-5-9-19(23)3)24(30)17-32-26-27-22-11-7-6-10-21(22)25(31)29(26)20-15-13-18(2)14-16-20/h5-16H,4,17H2,1-3H3. The molecule has 0 aliphatic carbocycles. The Hall–Kier alpha value is -3.38. The molecule has 0 fully saturated rings. The molecule has 0 atom stereocenters. The fourth-order valence-corrected chi connectivity index (χ4v) is 4.57. The number of hydrogen-bond donors (Lipinski definition) is 0. The first-order chi connectivity index (χ1) is 15.5. The van der Waals surface area contributed by atoms with Gasteiger partial charge in [-0.1, -0.05) is 59.8 Å². The molecular weight excluding hydrogens is 418 g/mol. The Morgan fingerprint density at radius 1 is 0.969 bits per heavy atom. The van der Waals surface area contributed by atoms with Gasteiger partial charge in [0.15, 0.2) is 5.16 Å². The van der Waals surface area contributed by atoms with Crippen LogP contribution in [0.25, 0.3) is 16.6 Å². The Morgan fingerprint density at radius 2 is 1.66 bits per heavy atom. The third kappa shape index (κ3) is 4.32. The molecule has 0 radical (unpaired) electrons. The summed E-state index contributed by atoms with van der Waals surface area (Å²) in [5.41, 5.74) is 4.29. The number of aromatic nitrogens is 2. The van der Waals surface area contributed by atoms with Gasteiger partial charge in [0.25, 0.3) is 5.56 Å². The van der Waals surface area contributed by atoms with Crippen LogP contribution in [0.15, 0.2) is 82.7 Å². The van der Waals surface area contributed by atoms with Gasteiger partial charge in [-0.05, 0) is 56.7 Å². The average Bonchev–Trinajstić information content (AvgIpc) is 2.80. The molecule has 4 rings (SSSR count). The molecule has 0 saturated heterocycles. The van der Waals surface area contributed by atoms with Crippen molar-refractivity contribution in [2.24, 2.45) is 0 Å². The summed E-state index contributed by atoms with van der Waals surface area (Å²) >= 11 is 1.29. The van der Waals surface area contributed by atoms with E-state index in [4.69, 9.17) is 4.98 Å². The number of thioether (sulfide) groups is 1. The van der Waals surface area contributed by atoms with Crippen molar-refractivity contribution in [3.63, 3.8) is 0 Å². The Labute approximate surface area is 191 Å². The molecule has 0 aliphatic rings. The maximum absolute atomic E-state index is 13.3. The number of benzene rings is 3. The lowest BCUT2D eigenvalue weighted by Crippen LogP contribution is -2.33. The Bertz CT molecular complexity index is 1330. The molecule has 4 aromatic rings. The van der Waals surface area contributed by atoms with Gasteiger partial charge >= 0.3 is 0 Å². The largest absolute Gasteiger partial charge is 0.312 e. The zero-order valence-corrected chi connectivity index (χ0v) is 19.2. The smallest absolute Gasteiger partial charge is 0.266 e. The van der Waals surface area contributed by atoms with Crippen LogP contribution < -0.4 is 10.5 Å². The summed E-state index contributed by atoms with van der Waals surface area (Å²) in [6.45, 7) is 6.54. The number of rotatable bonds is 6. The summed E-state index contributed by atoms with van der Waals surface area (Å²) in [5.74, 6) is 0.156. The molecular formula is C26H25N3O2S. The van der Waals surface area contributed by atoms with E-state index in [0.29, 0.717) is 22.6 Å². The van der Waals surface area contributed by atoms with E-state index in [0.717, 1.165) is 22.5 Å². The summed E-state index contributed by atoms with van der Waals surface area (Å²) in [6.07, 6.45) is 0. The number of fused-ring (bicyclic) bond motifs is 1. The Balaban J connectivity index is 1.71. The molecule has 162 valence electrons. The van der Waals surface area contributed by atoms with Crippen LogP contribution in [0.4, 0.5) is 5.69 Å². The molecule has 1 amide bonds. The Morgan fingerprint density at radius 3 is 2.38 bits per heavy atom. The highest BCUT2D eigenvalue weighted by atomic mass is 32.2. The van der Waals surface area contributed by atoms with Gasteiger partial charge in [-0.25, -0.2) is 4.98 Å². The second kappa shape index (κ2) is 9.40. The number of amides is 1. The lowest BCUT2D eigenvalue weighted by molar-refractivity contribution is -0.116. The molecule has 0 spiro atoms. The summed E-state index contributed by atoms with van der Waals surface area (Å²) in [5, 5.41) is 1.06. The summed E-state index contributed by atoms with van der Waals surface area (Å²) < 4.78 is 1.60. The first-order valence-corrected chi connectivity index (χ1v) is 11.6. The van der Waals surface area contributed by atoms with E-state index in [2.05, 4.69) is 0 Å². The van der Waals surface area contributed by atoms with E-state index in [1.54, 1.807) is 15.5 Å². The van der Waals surface area contributed by atoms with Gasteiger partial charge in [-0.2, -0.15) is 0 Å². The van der Waals surface area contributed by atoms with Crippen LogP contribution in [0.2, 0.25) is 0 Å². The van der Waals surface area contributed by atoms with Crippen molar-refractivity contribution in [2.75, 3.05) is 17.2 Å². The van der Waals surface area contributed by atoms with Gasteiger partial charge in [0.1, 0.15) is 0 Å². The number of aryl methyl sites for hydroxylation is 2. The van der Waals surface area contributed by atoms with Crippen LogP contribution in [-0.4, -0.2) is 27.8 Å². The molecule has 32 heavy (non-hydrogen) atoms. The Kier molecular flexibility index (Phi) is 6.42. The van der Waals surface area contributed by atoms with Crippen LogP contribution in [-0.2, 0) is 4.79 Å². The first kappa shape index (κ1) is 21.8. The topological polar surface area (TPSA) is 55.2 Å². The van der Waals surface area contributed by atoms with Crippen molar-refractivity contribution in [2.45, 2.75) is 25.9 Å².